The molecule has 0 aliphatic carbocycles. The lowest BCUT2D eigenvalue weighted by atomic mass is 10.0. The summed E-state index contributed by atoms with van der Waals surface area (Å²) in [4.78, 5) is 25.2. The van der Waals surface area contributed by atoms with Crippen LogP contribution in [0.4, 0.5) is 0 Å². The molecule has 0 aromatic rings. The molecule has 0 rings (SSSR count). The number of quaternary nitrogens is 1. The molecular formula is C54H94NO7P. The van der Waals surface area contributed by atoms with E-state index in [4.69, 9.17) is 18.5 Å². The fourth-order valence-electron chi connectivity index (χ4n) is 6.35. The third kappa shape index (κ3) is 50.3. The van der Waals surface area contributed by atoms with Gasteiger partial charge in [-0.25, -0.2) is 0 Å². The lowest BCUT2D eigenvalue weighted by Crippen LogP contribution is -2.37. The van der Waals surface area contributed by atoms with E-state index < -0.39 is 13.9 Å². The van der Waals surface area contributed by atoms with E-state index in [-0.39, 0.29) is 25.8 Å². The summed E-state index contributed by atoms with van der Waals surface area (Å²) in [6.07, 6.45) is 62.8. The van der Waals surface area contributed by atoms with Crippen LogP contribution in [0.15, 0.2) is 97.2 Å². The number of carbonyl (C=O) groups excluding carboxylic acids is 1. The van der Waals surface area contributed by atoms with Gasteiger partial charge in [-0.15, -0.1) is 0 Å². The number of phosphoric acid groups is 1. The molecule has 0 saturated heterocycles. The van der Waals surface area contributed by atoms with Gasteiger partial charge >= 0.3 is 5.97 Å². The molecule has 0 aliphatic heterocycles. The van der Waals surface area contributed by atoms with Crippen LogP contribution in [-0.4, -0.2) is 70.7 Å². The molecule has 9 heteroatoms. The Kier molecular flexibility index (Phi) is 44.1. The fourth-order valence-corrected chi connectivity index (χ4v) is 7.08. The van der Waals surface area contributed by atoms with Gasteiger partial charge in [-0.2, -0.15) is 0 Å². The second kappa shape index (κ2) is 46.0. The Morgan fingerprint density at radius 2 is 0.873 bits per heavy atom. The Balaban J connectivity index is 4.21. The first-order valence-electron chi connectivity index (χ1n) is 25.0. The maximum absolute atomic E-state index is 12.7. The Hall–Kier alpha value is -2.58. The summed E-state index contributed by atoms with van der Waals surface area (Å²) in [7, 11) is 1.32. The van der Waals surface area contributed by atoms with Crippen molar-refractivity contribution in [1.82, 2.24) is 0 Å². The molecule has 0 fully saturated rings. The molecule has 0 saturated carbocycles. The van der Waals surface area contributed by atoms with Gasteiger partial charge < -0.3 is 27.9 Å². The second-order valence-corrected chi connectivity index (χ2v) is 18.8. The minimum atomic E-state index is -4.54. The highest BCUT2D eigenvalue weighted by atomic mass is 31.2. The maximum atomic E-state index is 12.7. The Bertz CT molecular complexity index is 1320. The summed E-state index contributed by atoms with van der Waals surface area (Å²) in [5, 5.41) is 0. The highest BCUT2D eigenvalue weighted by Gasteiger charge is 2.20. The Labute approximate surface area is 387 Å². The monoisotopic (exact) mass is 900 g/mol. The first-order chi connectivity index (χ1) is 30.6. The molecule has 8 nitrogen and oxygen atoms in total. The SMILES string of the molecule is CC/C=C\C/C=C\C/C=C\C/C=C\CCCCCCCCCCCCC(=O)OC(COCCCCCCC/C=C\C/C=C\C/C=C\C/C=C\CC)COP(=O)([O-])OCC[N+](C)(C)C. The van der Waals surface area contributed by atoms with Crippen LogP contribution in [0.3, 0.4) is 0 Å². The van der Waals surface area contributed by atoms with Gasteiger partial charge in [0.2, 0.25) is 0 Å². The zero-order valence-electron chi connectivity index (χ0n) is 41.0. The standard InChI is InChI=1S/C54H94NO7P/c1-6-8-10-12-14-16-18-20-22-24-26-27-28-29-30-31-33-35-37-39-41-43-45-47-54(56)62-53(52-61-63(57,58)60-50-48-55(3,4)5)51-59-49-46-44-42-40-38-36-34-32-25-23-21-19-17-15-13-11-9-7-2/h8-11,14-17,20-23,26-27,32,34,53H,6-7,12-13,18-19,24-25,28-31,33,35-52H2,1-5H3/b10-8-,11-9-,16-14-,17-15-,22-20-,23-21-,27-26-,34-32-. The van der Waals surface area contributed by atoms with Crippen LogP contribution in [-0.2, 0) is 27.9 Å². The maximum Gasteiger partial charge on any atom is 0.306 e. The number of phosphoric ester groups is 1. The number of unbranched alkanes of at least 4 members (excludes halogenated alkanes) is 15. The van der Waals surface area contributed by atoms with Crippen molar-refractivity contribution in [3.8, 4) is 0 Å². The number of carbonyl (C=O) groups is 1. The fraction of sp³-hybridized carbons (Fsp3) is 0.685. The minimum Gasteiger partial charge on any atom is -0.756 e. The number of ether oxygens (including phenoxy) is 2. The van der Waals surface area contributed by atoms with Crippen molar-refractivity contribution in [2.24, 2.45) is 0 Å². The van der Waals surface area contributed by atoms with Crippen LogP contribution in [0.2, 0.25) is 0 Å². The van der Waals surface area contributed by atoms with E-state index >= 15 is 0 Å². The van der Waals surface area contributed by atoms with Crippen molar-refractivity contribution in [3.63, 3.8) is 0 Å². The van der Waals surface area contributed by atoms with Gasteiger partial charge in [0.1, 0.15) is 19.3 Å². The number of hydrogen-bond acceptors (Lipinski definition) is 7. The summed E-state index contributed by atoms with van der Waals surface area (Å²) in [5.41, 5.74) is 0. The van der Waals surface area contributed by atoms with Crippen LogP contribution in [0.25, 0.3) is 0 Å². The van der Waals surface area contributed by atoms with Gasteiger partial charge in [0.05, 0.1) is 34.4 Å². The average molecular weight is 900 g/mol. The van der Waals surface area contributed by atoms with Crippen molar-refractivity contribution in [3.05, 3.63) is 97.2 Å². The molecule has 2 unspecified atom stereocenters. The largest absolute Gasteiger partial charge is 0.756 e. The van der Waals surface area contributed by atoms with Crippen molar-refractivity contribution < 1.29 is 37.3 Å². The molecule has 0 aromatic carbocycles. The third-order valence-corrected chi connectivity index (χ3v) is 11.1. The molecule has 0 bridgehead atoms. The second-order valence-electron chi connectivity index (χ2n) is 17.4. The molecule has 0 aromatic heterocycles. The molecular weight excluding hydrogens is 806 g/mol. The van der Waals surface area contributed by atoms with Crippen molar-refractivity contribution in [2.45, 2.75) is 187 Å². The van der Waals surface area contributed by atoms with E-state index in [2.05, 4.69) is 111 Å². The zero-order valence-corrected chi connectivity index (χ0v) is 41.9. The van der Waals surface area contributed by atoms with Gasteiger partial charge in [0.25, 0.3) is 7.82 Å². The molecule has 362 valence electrons. The molecule has 0 spiro atoms. The lowest BCUT2D eigenvalue weighted by molar-refractivity contribution is -0.870. The topological polar surface area (TPSA) is 94.1 Å². The number of allylic oxidation sites excluding steroid dienone is 16. The summed E-state index contributed by atoms with van der Waals surface area (Å²) in [6, 6.07) is 0. The normalized spacial score (nSPS) is 14.4. The zero-order chi connectivity index (χ0) is 46.2. The first kappa shape index (κ1) is 60.4. The van der Waals surface area contributed by atoms with Crippen LogP contribution in [0, 0.1) is 0 Å². The number of nitrogens with zero attached hydrogens (tertiary/aromatic N) is 1. The average Bonchev–Trinajstić information content (AvgIpc) is 3.24. The smallest absolute Gasteiger partial charge is 0.306 e. The van der Waals surface area contributed by atoms with Gasteiger partial charge in [-0.05, 0) is 89.9 Å². The third-order valence-electron chi connectivity index (χ3n) is 10.1. The molecule has 2 atom stereocenters. The van der Waals surface area contributed by atoms with Crippen molar-refractivity contribution in [2.75, 3.05) is 54.1 Å². The lowest BCUT2D eigenvalue weighted by Gasteiger charge is -2.28. The van der Waals surface area contributed by atoms with E-state index in [1.807, 2.05) is 21.1 Å². The van der Waals surface area contributed by atoms with E-state index in [0.717, 1.165) is 96.3 Å². The number of esters is 1. The predicted molar refractivity (Wildman–Crippen MR) is 268 cm³/mol. The van der Waals surface area contributed by atoms with Gasteiger partial charge in [-0.3, -0.25) is 9.36 Å². The van der Waals surface area contributed by atoms with Crippen LogP contribution >= 0.6 is 7.82 Å². The quantitative estimate of drug-likeness (QED) is 0.0197. The van der Waals surface area contributed by atoms with Gasteiger partial charge in [0, 0.05) is 13.0 Å². The van der Waals surface area contributed by atoms with Crippen LogP contribution in [0.1, 0.15) is 181 Å². The molecule has 0 radical (unpaired) electrons. The van der Waals surface area contributed by atoms with E-state index in [0.29, 0.717) is 24.1 Å². The van der Waals surface area contributed by atoms with Crippen molar-refractivity contribution >= 4 is 13.8 Å². The molecule has 0 aliphatic rings. The summed E-state index contributed by atoms with van der Waals surface area (Å²) < 4.78 is 34.7. The summed E-state index contributed by atoms with van der Waals surface area (Å²) >= 11 is 0. The number of likely N-dealkylation sites (N-methyl/N-ethyl adjacent to an activating group) is 1. The summed E-state index contributed by atoms with van der Waals surface area (Å²) in [6.45, 7) is 5.12. The van der Waals surface area contributed by atoms with Crippen LogP contribution in [0.5, 0.6) is 0 Å². The van der Waals surface area contributed by atoms with E-state index in [9.17, 15) is 14.3 Å². The summed E-state index contributed by atoms with van der Waals surface area (Å²) in [5.74, 6) is -0.350. The van der Waals surface area contributed by atoms with Gasteiger partial charge in [-0.1, -0.05) is 182 Å². The number of hydrogen-bond donors (Lipinski definition) is 0. The Morgan fingerprint density at radius 3 is 1.30 bits per heavy atom. The predicted octanol–water partition coefficient (Wildman–Crippen LogP) is 14.8. The number of rotatable bonds is 45. The van der Waals surface area contributed by atoms with E-state index in [1.54, 1.807) is 0 Å². The van der Waals surface area contributed by atoms with E-state index in [1.165, 1.54) is 64.2 Å². The highest BCUT2D eigenvalue weighted by Crippen LogP contribution is 2.38. The van der Waals surface area contributed by atoms with Crippen LogP contribution < -0.4 is 4.89 Å². The van der Waals surface area contributed by atoms with Gasteiger partial charge in [0.15, 0.2) is 0 Å². The molecule has 0 N–H and O–H groups in total. The molecule has 63 heavy (non-hydrogen) atoms. The Morgan fingerprint density at radius 1 is 0.492 bits per heavy atom. The first-order valence-corrected chi connectivity index (χ1v) is 26.4. The molecule has 0 heterocycles. The van der Waals surface area contributed by atoms with Crippen molar-refractivity contribution in [1.29, 1.82) is 0 Å². The highest BCUT2D eigenvalue weighted by molar-refractivity contribution is 7.45. The molecule has 0 amide bonds. The minimum absolute atomic E-state index is 0.0158.